The number of likely N-dealkylation sites (N-methyl/N-ethyl adjacent to an activating group) is 1. The number of nitrogens with one attached hydrogen (secondary N) is 1. The third kappa shape index (κ3) is 5.09. The average molecular weight is 390 g/mol. The Bertz CT molecular complexity index is 669. The van der Waals surface area contributed by atoms with Gasteiger partial charge in [0.25, 0.3) is 5.91 Å². The summed E-state index contributed by atoms with van der Waals surface area (Å²) in [7, 11) is 0. The zero-order valence-electron chi connectivity index (χ0n) is 16.8. The first kappa shape index (κ1) is 20.3. The number of piperidine rings is 1. The highest BCUT2D eigenvalue weighted by Gasteiger charge is 2.25. The van der Waals surface area contributed by atoms with Crippen molar-refractivity contribution in [2.24, 2.45) is 0 Å². The van der Waals surface area contributed by atoms with E-state index in [0.717, 1.165) is 45.6 Å². The van der Waals surface area contributed by atoms with Gasteiger partial charge in [0.15, 0.2) is 0 Å². The molecule has 0 aliphatic carbocycles. The highest BCUT2D eigenvalue weighted by molar-refractivity contribution is 5.93. The van der Waals surface area contributed by atoms with Gasteiger partial charge in [-0.15, -0.1) is 0 Å². The van der Waals surface area contributed by atoms with Crippen LogP contribution in [0.4, 0.5) is 10.6 Å². The third-order valence-corrected chi connectivity index (χ3v) is 5.37. The Balaban J connectivity index is 1.53. The number of hydrogen-bond acceptors (Lipinski definition) is 7. The van der Waals surface area contributed by atoms with Crippen LogP contribution in [-0.2, 0) is 4.74 Å². The molecule has 0 atom stereocenters. The molecule has 9 heteroatoms. The molecule has 2 aliphatic heterocycles. The molecule has 0 spiro atoms. The van der Waals surface area contributed by atoms with Crippen LogP contribution < -0.4 is 5.32 Å². The fourth-order valence-electron chi connectivity index (χ4n) is 3.61. The molecule has 0 saturated carbocycles. The second-order valence-corrected chi connectivity index (χ2v) is 7.12. The number of nitrogens with zero attached hydrogens (tertiary/aromatic N) is 5. The van der Waals surface area contributed by atoms with E-state index in [1.807, 2.05) is 11.8 Å². The van der Waals surface area contributed by atoms with Crippen LogP contribution in [0.5, 0.6) is 0 Å². The summed E-state index contributed by atoms with van der Waals surface area (Å²) in [6, 6.07) is 1.93. The molecule has 1 N–H and O–H groups in total. The molecule has 2 amide bonds. The molecular formula is C19H30N6O3. The SMILES string of the molecule is CCOC(=O)N1CCC(Nc2cc(C(=O)N3CCN(CC)CC3)ncn2)CC1. The van der Waals surface area contributed by atoms with Crippen LogP contribution in [0.2, 0.25) is 0 Å². The van der Waals surface area contributed by atoms with E-state index >= 15 is 0 Å². The Kier molecular flexibility index (Phi) is 7.02. The van der Waals surface area contributed by atoms with Gasteiger partial charge in [-0.3, -0.25) is 4.79 Å². The van der Waals surface area contributed by atoms with Crippen molar-refractivity contribution in [2.45, 2.75) is 32.7 Å². The number of hydrogen-bond donors (Lipinski definition) is 1. The zero-order chi connectivity index (χ0) is 19.9. The lowest BCUT2D eigenvalue weighted by atomic mass is 10.1. The van der Waals surface area contributed by atoms with E-state index < -0.39 is 0 Å². The minimum atomic E-state index is -0.251. The molecular weight excluding hydrogens is 360 g/mol. The molecule has 3 heterocycles. The summed E-state index contributed by atoms with van der Waals surface area (Å²) >= 11 is 0. The molecule has 2 fully saturated rings. The number of likely N-dealkylation sites (tertiary alicyclic amines) is 1. The van der Waals surface area contributed by atoms with E-state index in [4.69, 9.17) is 4.74 Å². The fourth-order valence-corrected chi connectivity index (χ4v) is 3.61. The van der Waals surface area contributed by atoms with Crippen LogP contribution in [0.25, 0.3) is 0 Å². The van der Waals surface area contributed by atoms with Crippen molar-refractivity contribution in [1.29, 1.82) is 0 Å². The van der Waals surface area contributed by atoms with Gasteiger partial charge in [-0.05, 0) is 26.3 Å². The fraction of sp³-hybridized carbons (Fsp3) is 0.684. The maximum atomic E-state index is 12.7. The predicted octanol–water partition coefficient (Wildman–Crippen LogP) is 1.29. The average Bonchev–Trinajstić information content (AvgIpc) is 2.74. The quantitative estimate of drug-likeness (QED) is 0.810. The van der Waals surface area contributed by atoms with Gasteiger partial charge >= 0.3 is 6.09 Å². The number of anilines is 1. The highest BCUT2D eigenvalue weighted by Crippen LogP contribution is 2.17. The van der Waals surface area contributed by atoms with Crippen molar-refractivity contribution in [3.05, 3.63) is 18.1 Å². The molecule has 154 valence electrons. The number of carbonyl (C=O) groups is 2. The van der Waals surface area contributed by atoms with Gasteiger partial charge in [0.1, 0.15) is 17.8 Å². The van der Waals surface area contributed by atoms with Gasteiger partial charge in [0, 0.05) is 51.4 Å². The molecule has 1 aromatic rings. The van der Waals surface area contributed by atoms with Gasteiger partial charge in [-0.25, -0.2) is 14.8 Å². The normalized spacial score (nSPS) is 18.8. The second kappa shape index (κ2) is 9.68. The van der Waals surface area contributed by atoms with Crippen molar-refractivity contribution in [3.8, 4) is 0 Å². The number of piperazine rings is 1. The largest absolute Gasteiger partial charge is 0.450 e. The molecule has 0 aromatic carbocycles. The van der Waals surface area contributed by atoms with Crippen LogP contribution >= 0.6 is 0 Å². The Morgan fingerprint density at radius 2 is 1.79 bits per heavy atom. The minimum Gasteiger partial charge on any atom is -0.450 e. The van der Waals surface area contributed by atoms with Crippen LogP contribution in [0.3, 0.4) is 0 Å². The maximum absolute atomic E-state index is 12.7. The third-order valence-electron chi connectivity index (χ3n) is 5.37. The standard InChI is InChI=1S/C19H30N6O3/c1-3-23-9-11-24(12-10-23)18(26)16-13-17(21-14-20-16)22-15-5-7-25(8-6-15)19(27)28-4-2/h13-15H,3-12H2,1-2H3,(H,20,21,22). The predicted molar refractivity (Wildman–Crippen MR) is 105 cm³/mol. The Hall–Kier alpha value is -2.42. The van der Waals surface area contributed by atoms with Gasteiger partial charge < -0.3 is 24.8 Å². The topological polar surface area (TPSA) is 90.9 Å². The highest BCUT2D eigenvalue weighted by atomic mass is 16.6. The van der Waals surface area contributed by atoms with Crippen molar-refractivity contribution in [1.82, 2.24) is 24.7 Å². The summed E-state index contributed by atoms with van der Waals surface area (Å²) in [5.41, 5.74) is 0.423. The van der Waals surface area contributed by atoms with E-state index in [0.29, 0.717) is 31.2 Å². The van der Waals surface area contributed by atoms with Crippen LogP contribution in [0.15, 0.2) is 12.4 Å². The lowest BCUT2D eigenvalue weighted by Crippen LogP contribution is -2.48. The van der Waals surface area contributed by atoms with E-state index in [-0.39, 0.29) is 18.0 Å². The molecule has 2 saturated heterocycles. The summed E-state index contributed by atoms with van der Waals surface area (Å²) in [6.07, 6.45) is 2.81. The monoisotopic (exact) mass is 390 g/mol. The van der Waals surface area contributed by atoms with E-state index in [9.17, 15) is 9.59 Å². The molecule has 28 heavy (non-hydrogen) atoms. The number of amides is 2. The molecule has 0 bridgehead atoms. The summed E-state index contributed by atoms with van der Waals surface area (Å²) < 4.78 is 5.05. The molecule has 0 unspecified atom stereocenters. The summed E-state index contributed by atoms with van der Waals surface area (Å²) in [4.78, 5) is 38.9. The first-order valence-corrected chi connectivity index (χ1v) is 10.1. The van der Waals surface area contributed by atoms with E-state index in [1.54, 1.807) is 11.0 Å². The Morgan fingerprint density at radius 1 is 1.07 bits per heavy atom. The van der Waals surface area contributed by atoms with E-state index in [1.165, 1.54) is 6.33 Å². The first-order chi connectivity index (χ1) is 13.6. The molecule has 2 aliphatic rings. The van der Waals surface area contributed by atoms with Crippen LogP contribution in [0.1, 0.15) is 37.2 Å². The summed E-state index contributed by atoms with van der Waals surface area (Å²) in [5, 5.41) is 3.38. The molecule has 0 radical (unpaired) electrons. The first-order valence-electron chi connectivity index (χ1n) is 10.1. The molecule has 3 rings (SSSR count). The van der Waals surface area contributed by atoms with E-state index in [2.05, 4.69) is 27.1 Å². The number of carbonyl (C=O) groups excluding carboxylic acids is 2. The summed E-state index contributed by atoms with van der Waals surface area (Å²) in [6.45, 7) is 9.90. The number of rotatable bonds is 5. The van der Waals surface area contributed by atoms with Crippen molar-refractivity contribution in [3.63, 3.8) is 0 Å². The van der Waals surface area contributed by atoms with Crippen molar-refractivity contribution in [2.75, 3.05) is 57.7 Å². The number of ether oxygens (including phenoxy) is 1. The van der Waals surface area contributed by atoms with Crippen LogP contribution in [0, 0.1) is 0 Å². The second-order valence-electron chi connectivity index (χ2n) is 7.12. The van der Waals surface area contributed by atoms with Gasteiger partial charge in [0.2, 0.25) is 0 Å². The number of aromatic nitrogens is 2. The van der Waals surface area contributed by atoms with Gasteiger partial charge in [-0.1, -0.05) is 6.92 Å². The van der Waals surface area contributed by atoms with Gasteiger partial charge in [-0.2, -0.15) is 0 Å². The zero-order valence-corrected chi connectivity index (χ0v) is 16.8. The lowest BCUT2D eigenvalue weighted by molar-refractivity contribution is 0.0637. The Morgan fingerprint density at radius 3 is 2.43 bits per heavy atom. The minimum absolute atomic E-state index is 0.0432. The van der Waals surface area contributed by atoms with Gasteiger partial charge in [0.05, 0.1) is 6.61 Å². The maximum Gasteiger partial charge on any atom is 0.409 e. The van der Waals surface area contributed by atoms with Crippen molar-refractivity contribution < 1.29 is 14.3 Å². The van der Waals surface area contributed by atoms with Crippen molar-refractivity contribution >= 4 is 17.8 Å². The Labute approximate surface area is 166 Å². The lowest BCUT2D eigenvalue weighted by Gasteiger charge is -2.34. The smallest absolute Gasteiger partial charge is 0.409 e. The molecule has 1 aromatic heterocycles. The molecule has 9 nitrogen and oxygen atoms in total. The summed E-state index contributed by atoms with van der Waals surface area (Å²) in [5.74, 6) is 0.610. The van der Waals surface area contributed by atoms with Crippen LogP contribution in [-0.4, -0.2) is 95.1 Å².